The number of hydrogen-bond acceptors (Lipinski definition) is 3. The molecule has 0 aliphatic carbocycles. The summed E-state index contributed by atoms with van der Waals surface area (Å²) < 4.78 is 5.64. The largest absolute Gasteiger partial charge is 0.465 e. The van der Waals surface area contributed by atoms with Gasteiger partial charge in [0.1, 0.15) is 0 Å². The van der Waals surface area contributed by atoms with E-state index in [1.165, 1.54) is 18.9 Å². The maximum Gasteiger partial charge on any atom is 0.339 e. The van der Waals surface area contributed by atoms with E-state index in [0.29, 0.717) is 10.6 Å². The quantitative estimate of drug-likeness (QED) is 0.720. The highest BCUT2D eigenvalue weighted by molar-refractivity contribution is 9.10. The average molecular weight is 358 g/mol. The molecule has 0 aliphatic heterocycles. The summed E-state index contributed by atoms with van der Waals surface area (Å²) in [7, 11) is 1.37. The van der Waals surface area contributed by atoms with Crippen LogP contribution in [-0.2, 0) is 4.74 Å². The predicted octanol–water partition coefficient (Wildman–Crippen LogP) is 5.04. The van der Waals surface area contributed by atoms with E-state index in [0.717, 1.165) is 14.3 Å². The van der Waals surface area contributed by atoms with E-state index in [1.807, 2.05) is 36.4 Å². The van der Waals surface area contributed by atoms with Gasteiger partial charge in [0.15, 0.2) is 0 Å². The van der Waals surface area contributed by atoms with Crippen molar-refractivity contribution in [2.75, 3.05) is 7.11 Å². The van der Waals surface area contributed by atoms with Crippen LogP contribution in [0.1, 0.15) is 10.4 Å². The maximum atomic E-state index is 11.8. The van der Waals surface area contributed by atoms with E-state index in [1.54, 1.807) is 6.07 Å². The molecule has 98 valence electrons. The van der Waals surface area contributed by atoms with Crippen LogP contribution in [-0.4, -0.2) is 13.1 Å². The second-order valence-electron chi connectivity index (χ2n) is 3.69. The molecule has 0 saturated heterocycles. The highest BCUT2D eigenvalue weighted by atomic mass is 79.9. The summed E-state index contributed by atoms with van der Waals surface area (Å²) in [5.41, 5.74) is 0.539. The number of hydrogen-bond donors (Lipinski definition) is 0. The van der Waals surface area contributed by atoms with Crippen LogP contribution in [0.25, 0.3) is 0 Å². The van der Waals surface area contributed by atoms with Crippen molar-refractivity contribution in [3.8, 4) is 0 Å². The Balaban J connectivity index is 2.34. The van der Waals surface area contributed by atoms with E-state index >= 15 is 0 Å². The van der Waals surface area contributed by atoms with Gasteiger partial charge >= 0.3 is 5.97 Å². The standard InChI is InChI=1S/C14H10BrClO2S/c1-18-14(17)12-8-9(15)2-7-13(12)19-11-5-3-10(16)4-6-11/h2-8H,1H3. The number of halogens is 2. The van der Waals surface area contributed by atoms with Crippen molar-refractivity contribution in [3.63, 3.8) is 0 Å². The fraction of sp³-hybridized carbons (Fsp3) is 0.0714. The summed E-state index contributed by atoms with van der Waals surface area (Å²) in [6.07, 6.45) is 0. The van der Waals surface area contributed by atoms with Gasteiger partial charge in [-0.15, -0.1) is 0 Å². The second-order valence-corrected chi connectivity index (χ2v) is 6.16. The first kappa shape index (κ1) is 14.4. The molecule has 0 aromatic heterocycles. The van der Waals surface area contributed by atoms with Crippen molar-refractivity contribution in [1.29, 1.82) is 0 Å². The summed E-state index contributed by atoms with van der Waals surface area (Å²) in [5, 5.41) is 0.688. The lowest BCUT2D eigenvalue weighted by Gasteiger charge is -2.08. The first-order valence-corrected chi connectivity index (χ1v) is 7.40. The molecular weight excluding hydrogens is 348 g/mol. The summed E-state index contributed by atoms with van der Waals surface area (Å²) in [5.74, 6) is -0.349. The number of benzene rings is 2. The molecule has 0 radical (unpaired) electrons. The zero-order valence-electron chi connectivity index (χ0n) is 10.0. The second kappa shape index (κ2) is 6.46. The van der Waals surface area contributed by atoms with Crippen LogP contribution < -0.4 is 0 Å². The lowest BCUT2D eigenvalue weighted by atomic mass is 10.2. The highest BCUT2D eigenvalue weighted by Crippen LogP contribution is 2.33. The van der Waals surface area contributed by atoms with E-state index in [9.17, 15) is 4.79 Å². The predicted molar refractivity (Wildman–Crippen MR) is 81.1 cm³/mol. The zero-order chi connectivity index (χ0) is 13.8. The van der Waals surface area contributed by atoms with Crippen LogP contribution in [0.5, 0.6) is 0 Å². The molecule has 0 unspecified atom stereocenters. The topological polar surface area (TPSA) is 26.3 Å². The summed E-state index contributed by atoms with van der Waals surface area (Å²) in [4.78, 5) is 13.6. The molecule has 0 atom stereocenters. The zero-order valence-corrected chi connectivity index (χ0v) is 13.2. The van der Waals surface area contributed by atoms with Gasteiger partial charge in [0.2, 0.25) is 0 Å². The van der Waals surface area contributed by atoms with Crippen molar-refractivity contribution in [2.24, 2.45) is 0 Å². The van der Waals surface area contributed by atoms with Crippen LogP contribution in [0, 0.1) is 0 Å². The minimum atomic E-state index is -0.349. The number of rotatable bonds is 3. The van der Waals surface area contributed by atoms with Gasteiger partial charge in [-0.05, 0) is 42.5 Å². The van der Waals surface area contributed by atoms with E-state index in [4.69, 9.17) is 16.3 Å². The molecule has 0 bridgehead atoms. The van der Waals surface area contributed by atoms with E-state index in [-0.39, 0.29) is 5.97 Å². The molecule has 2 rings (SSSR count). The van der Waals surface area contributed by atoms with Crippen LogP contribution >= 0.6 is 39.3 Å². The third-order valence-corrected chi connectivity index (χ3v) is 4.22. The molecular formula is C14H10BrClO2S. The Hall–Kier alpha value is -0.970. The van der Waals surface area contributed by atoms with Crippen molar-refractivity contribution in [2.45, 2.75) is 9.79 Å². The Morgan fingerprint density at radius 1 is 1.21 bits per heavy atom. The van der Waals surface area contributed by atoms with Crippen molar-refractivity contribution >= 4 is 45.3 Å². The van der Waals surface area contributed by atoms with Crippen LogP contribution in [0.3, 0.4) is 0 Å². The lowest BCUT2D eigenvalue weighted by Crippen LogP contribution is -2.03. The molecule has 0 spiro atoms. The molecule has 0 amide bonds. The molecule has 2 aromatic rings. The van der Waals surface area contributed by atoms with Crippen LogP contribution in [0.4, 0.5) is 0 Å². The Kier molecular flexibility index (Phi) is 4.91. The number of carbonyl (C=O) groups is 1. The van der Waals surface area contributed by atoms with Crippen LogP contribution in [0.15, 0.2) is 56.7 Å². The van der Waals surface area contributed by atoms with Gasteiger partial charge in [-0.2, -0.15) is 0 Å². The summed E-state index contributed by atoms with van der Waals surface area (Å²) >= 11 is 10.7. The molecule has 0 heterocycles. The fourth-order valence-corrected chi connectivity index (χ4v) is 2.89. The SMILES string of the molecule is COC(=O)c1cc(Br)ccc1Sc1ccc(Cl)cc1. The summed E-state index contributed by atoms with van der Waals surface area (Å²) in [6, 6.07) is 13.0. The average Bonchev–Trinajstić information content (AvgIpc) is 2.42. The normalized spacial score (nSPS) is 10.3. The minimum absolute atomic E-state index is 0.349. The monoisotopic (exact) mass is 356 g/mol. The maximum absolute atomic E-state index is 11.8. The van der Waals surface area contributed by atoms with Gasteiger partial charge in [-0.1, -0.05) is 39.3 Å². The highest BCUT2D eigenvalue weighted by Gasteiger charge is 2.13. The van der Waals surface area contributed by atoms with Gasteiger partial charge in [-0.25, -0.2) is 4.79 Å². The number of methoxy groups -OCH3 is 1. The van der Waals surface area contributed by atoms with Crippen LogP contribution in [0.2, 0.25) is 5.02 Å². The Morgan fingerprint density at radius 3 is 2.53 bits per heavy atom. The van der Waals surface area contributed by atoms with E-state index in [2.05, 4.69) is 15.9 Å². The van der Waals surface area contributed by atoms with Crippen molar-refractivity contribution in [3.05, 3.63) is 57.5 Å². The fourth-order valence-electron chi connectivity index (χ4n) is 1.49. The molecule has 0 aliphatic rings. The van der Waals surface area contributed by atoms with Crippen molar-refractivity contribution in [1.82, 2.24) is 0 Å². The molecule has 19 heavy (non-hydrogen) atoms. The number of esters is 1. The summed E-state index contributed by atoms with van der Waals surface area (Å²) in [6.45, 7) is 0. The van der Waals surface area contributed by atoms with Gasteiger partial charge in [-0.3, -0.25) is 0 Å². The van der Waals surface area contributed by atoms with Crippen molar-refractivity contribution < 1.29 is 9.53 Å². The van der Waals surface area contributed by atoms with Gasteiger partial charge in [0.05, 0.1) is 12.7 Å². The van der Waals surface area contributed by atoms with Gasteiger partial charge < -0.3 is 4.74 Å². The lowest BCUT2D eigenvalue weighted by molar-refractivity contribution is 0.0596. The molecule has 0 fully saturated rings. The first-order chi connectivity index (χ1) is 9.10. The third-order valence-electron chi connectivity index (χ3n) is 2.39. The smallest absolute Gasteiger partial charge is 0.339 e. The molecule has 0 saturated carbocycles. The third kappa shape index (κ3) is 3.75. The number of carbonyl (C=O) groups excluding carboxylic acids is 1. The van der Waals surface area contributed by atoms with Gasteiger partial charge in [0.25, 0.3) is 0 Å². The first-order valence-electron chi connectivity index (χ1n) is 5.41. The minimum Gasteiger partial charge on any atom is -0.465 e. The Bertz CT molecular complexity index is 599. The molecule has 0 N–H and O–H groups in total. The van der Waals surface area contributed by atoms with E-state index < -0.39 is 0 Å². The van der Waals surface area contributed by atoms with Gasteiger partial charge in [0, 0.05) is 19.3 Å². The molecule has 5 heteroatoms. The molecule has 2 nitrogen and oxygen atoms in total. The Labute approximate surface area is 129 Å². The Morgan fingerprint density at radius 2 is 1.89 bits per heavy atom. The molecule has 2 aromatic carbocycles. The number of ether oxygens (including phenoxy) is 1.